The van der Waals surface area contributed by atoms with Crippen molar-refractivity contribution in [1.29, 1.82) is 0 Å². The zero-order valence-corrected chi connectivity index (χ0v) is 11.1. The first-order valence-corrected chi connectivity index (χ1v) is 6.63. The van der Waals surface area contributed by atoms with E-state index in [-0.39, 0.29) is 5.78 Å². The molecular weight excluding hydrogens is 268 g/mol. The Bertz CT molecular complexity index is 319. The van der Waals surface area contributed by atoms with Crippen molar-refractivity contribution < 1.29 is 9.53 Å². The quantitative estimate of drug-likeness (QED) is 0.432. The Labute approximate surface area is 105 Å². The van der Waals surface area contributed by atoms with E-state index in [2.05, 4.69) is 15.9 Å². The van der Waals surface area contributed by atoms with Crippen LogP contribution in [-0.4, -0.2) is 18.2 Å². The van der Waals surface area contributed by atoms with Crippen molar-refractivity contribution in [3.63, 3.8) is 0 Å². The largest absolute Gasteiger partial charge is 0.497 e. The van der Waals surface area contributed by atoms with Crippen LogP contribution in [-0.2, 0) is 0 Å². The third-order valence-corrected chi connectivity index (χ3v) is 3.01. The summed E-state index contributed by atoms with van der Waals surface area (Å²) in [6, 6.07) is 7.30. The van der Waals surface area contributed by atoms with Crippen molar-refractivity contribution in [3.05, 3.63) is 29.8 Å². The Balaban J connectivity index is 2.40. The fourth-order valence-electron chi connectivity index (χ4n) is 1.48. The molecule has 0 unspecified atom stereocenters. The first-order valence-electron chi connectivity index (χ1n) is 5.51. The summed E-state index contributed by atoms with van der Waals surface area (Å²) in [6.07, 6.45) is 3.85. The maximum Gasteiger partial charge on any atom is 0.162 e. The topological polar surface area (TPSA) is 26.3 Å². The van der Waals surface area contributed by atoms with Crippen LogP contribution in [0.3, 0.4) is 0 Å². The molecule has 0 heterocycles. The molecule has 16 heavy (non-hydrogen) atoms. The fraction of sp³-hybridized carbons (Fsp3) is 0.462. The minimum absolute atomic E-state index is 0.220. The van der Waals surface area contributed by atoms with Crippen LogP contribution in [0.15, 0.2) is 24.3 Å². The van der Waals surface area contributed by atoms with Gasteiger partial charge in [0.25, 0.3) is 0 Å². The lowest BCUT2D eigenvalue weighted by Crippen LogP contribution is -1.98. The summed E-state index contributed by atoms with van der Waals surface area (Å²) >= 11 is 3.38. The lowest BCUT2D eigenvalue weighted by atomic mass is 10.0. The second kappa shape index (κ2) is 7.44. The number of hydrogen-bond acceptors (Lipinski definition) is 2. The van der Waals surface area contributed by atoms with E-state index in [9.17, 15) is 4.79 Å². The van der Waals surface area contributed by atoms with Crippen LogP contribution in [0.5, 0.6) is 5.75 Å². The summed E-state index contributed by atoms with van der Waals surface area (Å²) in [5, 5.41) is 1.02. The van der Waals surface area contributed by atoms with Crippen LogP contribution < -0.4 is 4.74 Å². The van der Waals surface area contributed by atoms with Crippen LogP contribution in [0.1, 0.15) is 36.0 Å². The summed E-state index contributed by atoms with van der Waals surface area (Å²) in [7, 11) is 1.62. The van der Waals surface area contributed by atoms with Crippen molar-refractivity contribution in [2.45, 2.75) is 25.7 Å². The molecule has 1 rings (SSSR count). The summed E-state index contributed by atoms with van der Waals surface area (Å²) in [4.78, 5) is 11.8. The molecule has 0 N–H and O–H groups in total. The van der Waals surface area contributed by atoms with E-state index in [4.69, 9.17) is 4.74 Å². The second-order valence-corrected chi connectivity index (χ2v) is 4.44. The van der Waals surface area contributed by atoms with E-state index in [0.717, 1.165) is 35.9 Å². The number of carbonyl (C=O) groups is 1. The number of Topliss-reactive ketones (excluding diaryl/α,β-unsaturated/α-hetero) is 1. The van der Waals surface area contributed by atoms with Gasteiger partial charge in [-0.15, -0.1) is 0 Å². The zero-order valence-electron chi connectivity index (χ0n) is 9.54. The minimum atomic E-state index is 0.220. The predicted octanol–water partition coefficient (Wildman–Crippen LogP) is 3.83. The van der Waals surface area contributed by atoms with Gasteiger partial charge in [-0.2, -0.15) is 0 Å². The van der Waals surface area contributed by atoms with Crippen LogP contribution in [0.4, 0.5) is 0 Å². The van der Waals surface area contributed by atoms with Crippen molar-refractivity contribution in [3.8, 4) is 5.75 Å². The van der Waals surface area contributed by atoms with Crippen molar-refractivity contribution >= 4 is 21.7 Å². The molecule has 0 aliphatic heterocycles. The van der Waals surface area contributed by atoms with Gasteiger partial charge in [-0.05, 0) is 37.1 Å². The van der Waals surface area contributed by atoms with Gasteiger partial charge in [-0.25, -0.2) is 0 Å². The number of alkyl halides is 1. The Morgan fingerprint density at radius 2 is 1.88 bits per heavy atom. The number of halogens is 1. The molecule has 0 aliphatic carbocycles. The maximum atomic E-state index is 11.8. The molecular formula is C13H17BrO2. The van der Waals surface area contributed by atoms with Gasteiger partial charge in [-0.1, -0.05) is 22.4 Å². The number of ketones is 1. The smallest absolute Gasteiger partial charge is 0.162 e. The number of rotatable bonds is 7. The summed E-state index contributed by atoms with van der Waals surface area (Å²) in [6.45, 7) is 0. The van der Waals surface area contributed by atoms with Gasteiger partial charge in [0.1, 0.15) is 5.75 Å². The molecule has 1 aromatic rings. The highest BCUT2D eigenvalue weighted by molar-refractivity contribution is 9.09. The van der Waals surface area contributed by atoms with E-state index < -0.39 is 0 Å². The molecule has 1 aromatic carbocycles. The van der Waals surface area contributed by atoms with Crippen LogP contribution in [0.25, 0.3) is 0 Å². The second-order valence-electron chi connectivity index (χ2n) is 3.65. The first kappa shape index (κ1) is 13.2. The van der Waals surface area contributed by atoms with Gasteiger partial charge in [0.05, 0.1) is 7.11 Å². The van der Waals surface area contributed by atoms with Crippen molar-refractivity contribution in [2.75, 3.05) is 12.4 Å². The third-order valence-electron chi connectivity index (χ3n) is 2.45. The average Bonchev–Trinajstić information content (AvgIpc) is 2.34. The molecule has 0 spiro atoms. The van der Waals surface area contributed by atoms with Crippen LogP contribution in [0.2, 0.25) is 0 Å². The minimum Gasteiger partial charge on any atom is -0.497 e. The zero-order chi connectivity index (χ0) is 11.8. The fourth-order valence-corrected chi connectivity index (χ4v) is 1.87. The molecule has 0 saturated carbocycles. The van der Waals surface area contributed by atoms with E-state index >= 15 is 0 Å². The maximum absolute atomic E-state index is 11.8. The van der Waals surface area contributed by atoms with Gasteiger partial charge < -0.3 is 4.74 Å². The van der Waals surface area contributed by atoms with Crippen LogP contribution in [0, 0.1) is 0 Å². The lowest BCUT2D eigenvalue weighted by Gasteiger charge is -2.02. The number of hydrogen-bond donors (Lipinski definition) is 0. The lowest BCUT2D eigenvalue weighted by molar-refractivity contribution is 0.0979. The molecule has 0 atom stereocenters. The van der Waals surface area contributed by atoms with E-state index in [1.165, 1.54) is 0 Å². The number of carbonyl (C=O) groups excluding carboxylic acids is 1. The molecule has 88 valence electrons. The first-order chi connectivity index (χ1) is 7.77. The number of ether oxygens (including phenoxy) is 1. The average molecular weight is 285 g/mol. The Hall–Kier alpha value is -0.830. The monoisotopic (exact) mass is 284 g/mol. The van der Waals surface area contributed by atoms with E-state index in [0.29, 0.717) is 6.42 Å². The number of benzene rings is 1. The van der Waals surface area contributed by atoms with Gasteiger partial charge in [0.15, 0.2) is 5.78 Å². The molecule has 0 radical (unpaired) electrons. The molecule has 0 aliphatic rings. The SMILES string of the molecule is COc1ccc(C(=O)CCCCCBr)cc1. The summed E-state index contributed by atoms with van der Waals surface area (Å²) < 4.78 is 5.05. The molecule has 0 aromatic heterocycles. The standard InChI is InChI=1S/C13H17BrO2/c1-16-12-8-6-11(7-9-12)13(15)5-3-2-4-10-14/h6-9H,2-5,10H2,1H3. The molecule has 0 bridgehead atoms. The number of unbranched alkanes of at least 4 members (excludes halogenated alkanes) is 2. The molecule has 0 fully saturated rings. The Morgan fingerprint density at radius 1 is 1.19 bits per heavy atom. The Kier molecular flexibility index (Phi) is 6.16. The summed E-state index contributed by atoms with van der Waals surface area (Å²) in [5.74, 6) is 1.01. The predicted molar refractivity (Wildman–Crippen MR) is 69.6 cm³/mol. The molecule has 3 heteroatoms. The summed E-state index contributed by atoms with van der Waals surface area (Å²) in [5.41, 5.74) is 0.777. The molecule has 0 amide bonds. The number of methoxy groups -OCH3 is 1. The van der Waals surface area contributed by atoms with Crippen molar-refractivity contribution in [1.82, 2.24) is 0 Å². The highest BCUT2D eigenvalue weighted by Gasteiger charge is 2.05. The van der Waals surface area contributed by atoms with Gasteiger partial charge in [0, 0.05) is 17.3 Å². The highest BCUT2D eigenvalue weighted by atomic mass is 79.9. The van der Waals surface area contributed by atoms with E-state index in [1.807, 2.05) is 24.3 Å². The van der Waals surface area contributed by atoms with Crippen LogP contribution >= 0.6 is 15.9 Å². The van der Waals surface area contributed by atoms with Gasteiger partial charge in [-0.3, -0.25) is 4.79 Å². The molecule has 0 saturated heterocycles. The Morgan fingerprint density at radius 3 is 2.44 bits per heavy atom. The van der Waals surface area contributed by atoms with Gasteiger partial charge in [0.2, 0.25) is 0 Å². The van der Waals surface area contributed by atoms with E-state index in [1.54, 1.807) is 7.11 Å². The van der Waals surface area contributed by atoms with Crippen molar-refractivity contribution in [2.24, 2.45) is 0 Å². The third kappa shape index (κ3) is 4.35. The van der Waals surface area contributed by atoms with Gasteiger partial charge >= 0.3 is 0 Å². The highest BCUT2D eigenvalue weighted by Crippen LogP contribution is 2.14. The normalized spacial score (nSPS) is 10.1. The molecule has 2 nitrogen and oxygen atoms in total.